The molecule has 78 valence electrons. The Bertz CT molecular complexity index is 394. The number of nitriles is 1. The number of hydrogen-bond acceptors (Lipinski definition) is 2. The van der Waals surface area contributed by atoms with Gasteiger partial charge in [-0.1, -0.05) is 45.0 Å². The fraction of sp³-hybridized carbons (Fsp3) is 0.462. The number of epoxide rings is 1. The van der Waals surface area contributed by atoms with E-state index < -0.39 is 0 Å². The quantitative estimate of drug-likeness (QED) is 0.655. The second kappa shape index (κ2) is 3.36. The fourth-order valence-corrected chi connectivity index (χ4v) is 1.64. The van der Waals surface area contributed by atoms with E-state index >= 15 is 0 Å². The maximum absolute atomic E-state index is 8.65. The van der Waals surface area contributed by atoms with Gasteiger partial charge in [0.25, 0.3) is 0 Å². The fourth-order valence-electron chi connectivity index (χ4n) is 1.64. The minimum absolute atomic E-state index is 0.00372. The third kappa shape index (κ3) is 2.03. The zero-order valence-electron chi connectivity index (χ0n) is 9.32. The van der Waals surface area contributed by atoms with Crippen molar-refractivity contribution in [3.05, 3.63) is 35.4 Å². The summed E-state index contributed by atoms with van der Waals surface area (Å²) in [6, 6.07) is 10.5. The van der Waals surface area contributed by atoms with Crippen LogP contribution in [0, 0.1) is 11.3 Å². The minimum Gasteiger partial charge on any atom is -0.348 e. The van der Waals surface area contributed by atoms with Crippen molar-refractivity contribution >= 4 is 0 Å². The van der Waals surface area contributed by atoms with Gasteiger partial charge in [-0.25, -0.2) is 0 Å². The van der Waals surface area contributed by atoms with Gasteiger partial charge in [-0.05, 0) is 16.5 Å². The maximum atomic E-state index is 8.65. The van der Waals surface area contributed by atoms with Crippen molar-refractivity contribution in [3.8, 4) is 6.07 Å². The van der Waals surface area contributed by atoms with E-state index in [9.17, 15) is 0 Å². The molecule has 1 aromatic rings. The van der Waals surface area contributed by atoms with Crippen LogP contribution in [0.25, 0.3) is 0 Å². The van der Waals surface area contributed by atoms with E-state index in [4.69, 9.17) is 10.00 Å². The highest BCUT2D eigenvalue weighted by Crippen LogP contribution is 2.38. The highest BCUT2D eigenvalue weighted by molar-refractivity contribution is 5.32. The van der Waals surface area contributed by atoms with Crippen molar-refractivity contribution in [1.82, 2.24) is 0 Å². The van der Waals surface area contributed by atoms with Gasteiger partial charge in [0.2, 0.25) is 0 Å². The SMILES string of the molecule is CC(C)(C)c1ccc([C@H]2O[C@@H]2C#N)cc1. The van der Waals surface area contributed by atoms with Crippen molar-refractivity contribution < 1.29 is 4.74 Å². The molecule has 0 aromatic heterocycles. The molecule has 2 rings (SSSR count). The second-order valence-electron chi connectivity index (χ2n) is 4.98. The van der Waals surface area contributed by atoms with E-state index in [0.29, 0.717) is 0 Å². The van der Waals surface area contributed by atoms with Crippen molar-refractivity contribution in [1.29, 1.82) is 5.26 Å². The van der Waals surface area contributed by atoms with Crippen molar-refractivity contribution in [3.63, 3.8) is 0 Å². The van der Waals surface area contributed by atoms with Gasteiger partial charge in [-0.2, -0.15) is 5.26 Å². The molecule has 1 aromatic carbocycles. The molecule has 0 amide bonds. The minimum atomic E-state index is -0.231. The Morgan fingerprint density at radius 3 is 2.20 bits per heavy atom. The number of rotatable bonds is 1. The van der Waals surface area contributed by atoms with Gasteiger partial charge in [0.15, 0.2) is 6.10 Å². The summed E-state index contributed by atoms with van der Waals surface area (Å²) in [5, 5.41) is 8.65. The molecule has 2 heteroatoms. The number of nitrogens with zero attached hydrogens (tertiary/aromatic N) is 1. The molecule has 15 heavy (non-hydrogen) atoms. The van der Waals surface area contributed by atoms with Crippen molar-refractivity contribution in [2.75, 3.05) is 0 Å². The van der Waals surface area contributed by atoms with Gasteiger partial charge in [0.1, 0.15) is 6.10 Å². The molecule has 0 saturated carbocycles. The first-order valence-electron chi connectivity index (χ1n) is 5.18. The van der Waals surface area contributed by atoms with Gasteiger partial charge in [0.05, 0.1) is 6.07 Å². The summed E-state index contributed by atoms with van der Waals surface area (Å²) in [4.78, 5) is 0. The molecule has 0 radical (unpaired) electrons. The average Bonchev–Trinajstić information content (AvgIpc) is 2.95. The van der Waals surface area contributed by atoms with Gasteiger partial charge in [0, 0.05) is 0 Å². The first-order valence-corrected chi connectivity index (χ1v) is 5.18. The van der Waals surface area contributed by atoms with Crippen LogP contribution in [-0.2, 0) is 10.2 Å². The Kier molecular flexibility index (Phi) is 2.28. The summed E-state index contributed by atoms with van der Waals surface area (Å²) in [6.07, 6.45) is -0.227. The van der Waals surface area contributed by atoms with Gasteiger partial charge in [-0.3, -0.25) is 0 Å². The van der Waals surface area contributed by atoms with Crippen LogP contribution in [0.5, 0.6) is 0 Å². The summed E-state index contributed by atoms with van der Waals surface area (Å²) < 4.78 is 5.22. The highest BCUT2D eigenvalue weighted by atomic mass is 16.6. The lowest BCUT2D eigenvalue weighted by Crippen LogP contribution is -2.10. The maximum Gasteiger partial charge on any atom is 0.175 e. The molecule has 1 saturated heterocycles. The molecule has 0 unspecified atom stereocenters. The van der Waals surface area contributed by atoms with E-state index in [1.54, 1.807) is 0 Å². The Morgan fingerprint density at radius 2 is 1.80 bits per heavy atom. The number of benzene rings is 1. The van der Waals surface area contributed by atoms with E-state index in [-0.39, 0.29) is 17.6 Å². The van der Waals surface area contributed by atoms with E-state index in [2.05, 4.69) is 51.1 Å². The van der Waals surface area contributed by atoms with Crippen LogP contribution in [0.1, 0.15) is 38.0 Å². The van der Waals surface area contributed by atoms with Crippen LogP contribution in [-0.4, -0.2) is 6.10 Å². The molecule has 2 atom stereocenters. The number of hydrogen-bond donors (Lipinski definition) is 0. The second-order valence-corrected chi connectivity index (χ2v) is 4.98. The summed E-state index contributed by atoms with van der Waals surface area (Å²) in [5.74, 6) is 0. The summed E-state index contributed by atoms with van der Waals surface area (Å²) in [5.41, 5.74) is 2.59. The third-order valence-electron chi connectivity index (χ3n) is 2.72. The average molecular weight is 201 g/mol. The zero-order valence-corrected chi connectivity index (χ0v) is 9.32. The first kappa shape index (κ1) is 10.2. The lowest BCUT2D eigenvalue weighted by Gasteiger charge is -2.18. The van der Waals surface area contributed by atoms with Gasteiger partial charge in [-0.15, -0.1) is 0 Å². The molecule has 2 nitrogen and oxygen atoms in total. The third-order valence-corrected chi connectivity index (χ3v) is 2.72. The van der Waals surface area contributed by atoms with Gasteiger partial charge < -0.3 is 4.74 Å². The lowest BCUT2D eigenvalue weighted by atomic mass is 9.86. The van der Waals surface area contributed by atoms with Gasteiger partial charge >= 0.3 is 0 Å². The Labute approximate surface area is 90.5 Å². The summed E-state index contributed by atoms with van der Waals surface area (Å²) in [6.45, 7) is 6.56. The van der Waals surface area contributed by atoms with Crippen molar-refractivity contribution in [2.45, 2.75) is 38.4 Å². The van der Waals surface area contributed by atoms with Crippen LogP contribution in [0.4, 0.5) is 0 Å². The van der Waals surface area contributed by atoms with Crippen LogP contribution in [0.2, 0.25) is 0 Å². The predicted octanol–water partition coefficient (Wildman–Crippen LogP) is 2.95. The number of ether oxygens (including phenoxy) is 1. The topological polar surface area (TPSA) is 36.3 Å². The molecule has 1 heterocycles. The molecule has 1 aliphatic rings. The van der Waals surface area contributed by atoms with E-state index in [0.717, 1.165) is 5.56 Å². The summed E-state index contributed by atoms with van der Waals surface area (Å²) in [7, 11) is 0. The normalized spacial score (nSPS) is 24.7. The van der Waals surface area contributed by atoms with Crippen LogP contribution >= 0.6 is 0 Å². The molecule has 1 aliphatic heterocycles. The standard InChI is InChI=1S/C13H15NO/c1-13(2,3)10-6-4-9(5-7-10)12-11(8-14)15-12/h4-7,11-12H,1-3H3/t11-,12-/m1/s1. The highest BCUT2D eigenvalue weighted by Gasteiger charge is 2.40. The van der Waals surface area contributed by atoms with Crippen molar-refractivity contribution in [2.24, 2.45) is 0 Å². The van der Waals surface area contributed by atoms with Crippen LogP contribution in [0.15, 0.2) is 24.3 Å². The molecule has 0 aliphatic carbocycles. The molecular formula is C13H15NO. The largest absolute Gasteiger partial charge is 0.348 e. The Balaban J connectivity index is 2.16. The van der Waals surface area contributed by atoms with E-state index in [1.165, 1.54) is 5.56 Å². The zero-order chi connectivity index (χ0) is 11.1. The summed E-state index contributed by atoms with van der Waals surface area (Å²) >= 11 is 0. The monoisotopic (exact) mass is 201 g/mol. The van der Waals surface area contributed by atoms with Crippen LogP contribution < -0.4 is 0 Å². The van der Waals surface area contributed by atoms with E-state index in [1.807, 2.05) is 0 Å². The smallest absolute Gasteiger partial charge is 0.175 e. The molecular weight excluding hydrogens is 186 g/mol. The lowest BCUT2D eigenvalue weighted by molar-refractivity contribution is 0.396. The molecule has 0 bridgehead atoms. The molecule has 0 N–H and O–H groups in total. The molecule has 1 fully saturated rings. The first-order chi connectivity index (χ1) is 7.02. The predicted molar refractivity (Wildman–Crippen MR) is 58.4 cm³/mol. The Morgan fingerprint density at radius 1 is 1.20 bits per heavy atom. The molecule has 0 spiro atoms. The van der Waals surface area contributed by atoms with Crippen LogP contribution in [0.3, 0.4) is 0 Å². The Hall–Kier alpha value is -1.33.